The fourth-order valence-electron chi connectivity index (χ4n) is 2.76. The molecule has 0 unspecified atom stereocenters. The summed E-state index contributed by atoms with van der Waals surface area (Å²) < 4.78 is 5.23. The average molecular weight is 369 g/mol. The van der Waals surface area contributed by atoms with Crippen LogP contribution < -0.4 is 0 Å². The Balaban J connectivity index is 1.81. The summed E-state index contributed by atoms with van der Waals surface area (Å²) in [5, 5.41) is 9.00. The lowest BCUT2D eigenvalue weighted by molar-refractivity contribution is -0.126. The molecule has 5 nitrogen and oxygen atoms in total. The lowest BCUT2D eigenvalue weighted by atomic mass is 10.1. The average Bonchev–Trinajstić information content (AvgIpc) is 3.25. The number of hydrogen-bond donors (Lipinski definition) is 0. The van der Waals surface area contributed by atoms with Crippen LogP contribution in [0, 0.1) is 6.92 Å². The van der Waals surface area contributed by atoms with E-state index < -0.39 is 0 Å². The summed E-state index contributed by atoms with van der Waals surface area (Å²) in [5.74, 6) is 0.760. The predicted molar refractivity (Wildman–Crippen MR) is 106 cm³/mol. The summed E-state index contributed by atoms with van der Waals surface area (Å²) in [6.45, 7) is 4.72. The third-order valence-electron chi connectivity index (χ3n) is 4.30. The molecule has 1 aromatic heterocycles. The molecule has 0 N–H and O–H groups in total. The number of carbonyl (C=O) groups is 1. The van der Waals surface area contributed by atoms with Gasteiger partial charge in [0.25, 0.3) is 0 Å². The van der Waals surface area contributed by atoms with Crippen LogP contribution in [-0.2, 0) is 11.3 Å². The van der Waals surface area contributed by atoms with Crippen molar-refractivity contribution in [3.05, 3.63) is 59.5 Å². The molecule has 0 aliphatic carbocycles. The SMILES string of the molecule is CCCC[C@@H]1S/C(=N/N=C\c2ccco2)N(Cc2ccccc2C)C1=O. The third-order valence-corrected chi connectivity index (χ3v) is 5.54. The Labute approximate surface area is 158 Å². The van der Waals surface area contributed by atoms with Gasteiger partial charge in [0.05, 0.1) is 24.3 Å². The Morgan fingerprint density at radius 2 is 2.12 bits per heavy atom. The molecule has 1 amide bonds. The van der Waals surface area contributed by atoms with Crippen LogP contribution in [0.25, 0.3) is 0 Å². The van der Waals surface area contributed by atoms with E-state index in [9.17, 15) is 4.79 Å². The Kier molecular flexibility index (Phi) is 6.28. The summed E-state index contributed by atoms with van der Waals surface area (Å²) in [6.07, 6.45) is 6.12. The normalized spacial score (nSPS) is 19.2. The number of furan rings is 1. The van der Waals surface area contributed by atoms with Gasteiger partial charge in [0.15, 0.2) is 5.17 Å². The number of amidine groups is 1. The summed E-state index contributed by atoms with van der Waals surface area (Å²) in [4.78, 5) is 14.6. The van der Waals surface area contributed by atoms with Crippen LogP contribution in [0.5, 0.6) is 0 Å². The molecule has 1 aliphatic rings. The van der Waals surface area contributed by atoms with Crippen LogP contribution in [-0.4, -0.2) is 27.4 Å². The second kappa shape index (κ2) is 8.85. The first-order valence-electron chi connectivity index (χ1n) is 8.86. The van der Waals surface area contributed by atoms with Gasteiger partial charge >= 0.3 is 0 Å². The molecular formula is C20H23N3O2S. The molecule has 0 radical (unpaired) electrons. The molecule has 2 aromatic rings. The van der Waals surface area contributed by atoms with E-state index in [-0.39, 0.29) is 11.2 Å². The van der Waals surface area contributed by atoms with Crippen molar-refractivity contribution < 1.29 is 9.21 Å². The van der Waals surface area contributed by atoms with Crippen molar-refractivity contribution in [3.8, 4) is 0 Å². The highest BCUT2D eigenvalue weighted by Crippen LogP contribution is 2.32. The topological polar surface area (TPSA) is 58.2 Å². The van der Waals surface area contributed by atoms with E-state index in [1.807, 2.05) is 18.2 Å². The van der Waals surface area contributed by atoms with Gasteiger partial charge in [0.2, 0.25) is 5.91 Å². The Hall–Kier alpha value is -2.34. The first kappa shape index (κ1) is 18.5. The van der Waals surface area contributed by atoms with Crippen LogP contribution in [0.1, 0.15) is 43.1 Å². The second-order valence-electron chi connectivity index (χ2n) is 6.24. The van der Waals surface area contributed by atoms with Crippen LogP contribution in [0.4, 0.5) is 0 Å². The van der Waals surface area contributed by atoms with Gasteiger partial charge in [-0.2, -0.15) is 5.10 Å². The molecule has 2 heterocycles. The molecule has 0 saturated carbocycles. The molecule has 136 valence electrons. The molecule has 0 spiro atoms. The minimum absolute atomic E-state index is 0.0727. The quantitative estimate of drug-likeness (QED) is 0.529. The van der Waals surface area contributed by atoms with E-state index in [4.69, 9.17) is 4.42 Å². The zero-order valence-corrected chi connectivity index (χ0v) is 15.9. The van der Waals surface area contributed by atoms with Gasteiger partial charge in [0.1, 0.15) is 5.76 Å². The lowest BCUT2D eigenvalue weighted by Gasteiger charge is -2.17. The van der Waals surface area contributed by atoms with E-state index in [0.29, 0.717) is 17.5 Å². The molecular weight excluding hydrogens is 346 g/mol. The highest BCUT2D eigenvalue weighted by atomic mass is 32.2. The number of thioether (sulfide) groups is 1. The number of rotatable bonds is 7. The van der Waals surface area contributed by atoms with Crippen LogP contribution in [0.15, 0.2) is 57.3 Å². The standard InChI is InChI=1S/C20H23N3O2S/c1-3-4-11-18-19(24)23(14-16-9-6-5-8-15(16)2)20(26-18)22-21-13-17-10-7-12-25-17/h5-10,12-13,18H,3-4,11,14H2,1-2H3/b21-13-,22-20+/t18-/m0/s1. The monoisotopic (exact) mass is 369 g/mol. The molecule has 0 bridgehead atoms. The van der Waals surface area contributed by atoms with Crippen molar-refractivity contribution in [1.29, 1.82) is 0 Å². The highest BCUT2D eigenvalue weighted by molar-refractivity contribution is 8.15. The number of benzene rings is 1. The zero-order chi connectivity index (χ0) is 18.4. The molecule has 1 fully saturated rings. The van der Waals surface area contributed by atoms with Gasteiger partial charge in [0, 0.05) is 0 Å². The minimum Gasteiger partial charge on any atom is -0.463 e. The van der Waals surface area contributed by atoms with Crippen LogP contribution >= 0.6 is 11.8 Å². The van der Waals surface area contributed by atoms with Crippen molar-refractivity contribution >= 4 is 29.1 Å². The summed E-state index contributed by atoms with van der Waals surface area (Å²) in [5.41, 5.74) is 2.29. The van der Waals surface area contributed by atoms with Crippen LogP contribution in [0.2, 0.25) is 0 Å². The van der Waals surface area contributed by atoms with E-state index in [0.717, 1.165) is 24.8 Å². The molecule has 1 saturated heterocycles. The summed E-state index contributed by atoms with van der Waals surface area (Å²) in [7, 11) is 0. The first-order valence-corrected chi connectivity index (χ1v) is 9.74. The molecule has 1 aromatic carbocycles. The van der Waals surface area contributed by atoms with Gasteiger partial charge in [-0.05, 0) is 36.6 Å². The van der Waals surface area contributed by atoms with Crippen molar-refractivity contribution in [3.63, 3.8) is 0 Å². The van der Waals surface area contributed by atoms with Gasteiger partial charge in [-0.3, -0.25) is 9.69 Å². The number of amides is 1. The van der Waals surface area contributed by atoms with Gasteiger partial charge < -0.3 is 4.42 Å². The Bertz CT molecular complexity index is 799. The maximum Gasteiger partial charge on any atom is 0.242 e. The van der Waals surface area contributed by atoms with Gasteiger partial charge in [-0.15, -0.1) is 5.10 Å². The van der Waals surface area contributed by atoms with E-state index in [1.54, 1.807) is 23.4 Å². The van der Waals surface area contributed by atoms with Crippen LogP contribution in [0.3, 0.4) is 0 Å². The number of hydrogen-bond acceptors (Lipinski definition) is 5. The summed E-state index contributed by atoms with van der Waals surface area (Å²) >= 11 is 1.51. The van der Waals surface area contributed by atoms with Gasteiger partial charge in [-0.1, -0.05) is 55.8 Å². The number of aryl methyl sites for hydroxylation is 1. The van der Waals surface area contributed by atoms with Crippen molar-refractivity contribution in [1.82, 2.24) is 4.90 Å². The smallest absolute Gasteiger partial charge is 0.242 e. The van der Waals surface area contributed by atoms with Gasteiger partial charge in [-0.25, -0.2) is 0 Å². The fraction of sp³-hybridized carbons (Fsp3) is 0.350. The van der Waals surface area contributed by atoms with Crippen molar-refractivity contribution in [2.45, 2.75) is 44.9 Å². The molecule has 3 rings (SSSR count). The lowest BCUT2D eigenvalue weighted by Crippen LogP contribution is -2.31. The van der Waals surface area contributed by atoms with Crippen molar-refractivity contribution in [2.75, 3.05) is 0 Å². The molecule has 1 aliphatic heterocycles. The Morgan fingerprint density at radius 1 is 1.27 bits per heavy atom. The maximum atomic E-state index is 12.9. The second-order valence-corrected chi connectivity index (χ2v) is 7.41. The molecule has 6 heteroatoms. The molecule has 1 atom stereocenters. The third kappa shape index (κ3) is 4.43. The fourth-order valence-corrected chi connectivity index (χ4v) is 3.91. The first-order chi connectivity index (χ1) is 12.7. The molecule has 26 heavy (non-hydrogen) atoms. The maximum absolute atomic E-state index is 12.9. The van der Waals surface area contributed by atoms with E-state index in [2.05, 4.69) is 36.2 Å². The predicted octanol–water partition coefficient (Wildman–Crippen LogP) is 4.61. The Morgan fingerprint density at radius 3 is 2.85 bits per heavy atom. The van der Waals surface area contributed by atoms with E-state index >= 15 is 0 Å². The summed E-state index contributed by atoms with van der Waals surface area (Å²) in [6, 6.07) is 11.7. The highest BCUT2D eigenvalue weighted by Gasteiger charge is 2.37. The largest absolute Gasteiger partial charge is 0.463 e. The zero-order valence-electron chi connectivity index (χ0n) is 15.1. The number of unbranched alkanes of at least 4 members (excludes halogenated alkanes) is 1. The van der Waals surface area contributed by atoms with E-state index in [1.165, 1.54) is 17.3 Å². The minimum atomic E-state index is -0.0727. The number of carbonyl (C=O) groups excluding carboxylic acids is 1. The van der Waals surface area contributed by atoms with Crippen molar-refractivity contribution in [2.24, 2.45) is 10.2 Å². The number of nitrogens with zero attached hydrogens (tertiary/aromatic N) is 3.